The van der Waals surface area contributed by atoms with E-state index >= 15 is 0 Å². The zero-order valence-electron chi connectivity index (χ0n) is 25.0. The van der Waals surface area contributed by atoms with Crippen LogP contribution < -0.4 is 10.2 Å². The highest BCUT2D eigenvalue weighted by atomic mass is 35.5. The molecule has 10 heteroatoms. The van der Waals surface area contributed by atoms with Gasteiger partial charge in [0.1, 0.15) is 11.7 Å². The molecule has 0 fully saturated rings. The van der Waals surface area contributed by atoms with Gasteiger partial charge in [-0.3, -0.25) is 19.5 Å². The van der Waals surface area contributed by atoms with Crippen LogP contribution in [-0.2, 0) is 14.3 Å². The Morgan fingerprint density at radius 2 is 1.98 bits per heavy atom. The van der Waals surface area contributed by atoms with Crippen molar-refractivity contribution in [3.8, 4) is 0 Å². The number of allylic oxidation sites excluding steroid dienone is 6. The average molecular weight is 615 g/mol. The van der Waals surface area contributed by atoms with Crippen molar-refractivity contribution in [3.63, 3.8) is 0 Å². The molecule has 8 nitrogen and oxygen atoms in total. The van der Waals surface area contributed by atoms with Crippen LogP contribution in [-0.4, -0.2) is 67.9 Å². The minimum absolute atomic E-state index is 0.0565. The summed E-state index contributed by atoms with van der Waals surface area (Å²) in [4.78, 5) is 37.6. The van der Waals surface area contributed by atoms with E-state index in [9.17, 15) is 9.59 Å². The number of pyridine rings is 1. The van der Waals surface area contributed by atoms with Gasteiger partial charge in [0.05, 0.1) is 35.2 Å². The Morgan fingerprint density at radius 1 is 1.24 bits per heavy atom. The molecule has 1 heterocycles. The SMILES string of the molecule is C=CCCN(C(=NC)c1cc(Cl)c(C2=C(Cl)CCC(OC)=C2)nc1N(C=O)C1C=CC=CC1C(C)C)C(C)CNC=O. The van der Waals surface area contributed by atoms with Crippen molar-refractivity contribution in [2.24, 2.45) is 16.8 Å². The number of hydrogen-bond acceptors (Lipinski definition) is 5. The third-order valence-corrected chi connectivity index (χ3v) is 8.27. The van der Waals surface area contributed by atoms with E-state index in [1.54, 1.807) is 25.1 Å². The molecule has 3 rings (SSSR count). The maximum Gasteiger partial charge on any atom is 0.215 e. The maximum absolute atomic E-state index is 13.0. The second kappa shape index (κ2) is 15.8. The van der Waals surface area contributed by atoms with Gasteiger partial charge in [-0.1, -0.05) is 67.4 Å². The third-order valence-electron chi connectivity index (χ3n) is 7.59. The number of nitrogens with zero attached hydrogens (tertiary/aromatic N) is 4. The van der Waals surface area contributed by atoms with Crippen LogP contribution in [0.25, 0.3) is 5.57 Å². The lowest BCUT2D eigenvalue weighted by molar-refractivity contribution is -0.110. The van der Waals surface area contributed by atoms with Crippen LogP contribution in [0.15, 0.2) is 64.9 Å². The number of carbonyl (C=O) groups is 2. The Morgan fingerprint density at radius 3 is 2.60 bits per heavy atom. The molecule has 0 aliphatic heterocycles. The van der Waals surface area contributed by atoms with Gasteiger partial charge in [0.15, 0.2) is 0 Å². The van der Waals surface area contributed by atoms with Crippen LogP contribution in [0.2, 0.25) is 5.02 Å². The van der Waals surface area contributed by atoms with Crippen molar-refractivity contribution in [3.05, 3.63) is 76.2 Å². The quantitative estimate of drug-likeness (QED) is 0.118. The first-order valence-electron chi connectivity index (χ1n) is 14.2. The molecular weight excluding hydrogens is 573 g/mol. The molecule has 0 saturated carbocycles. The van der Waals surface area contributed by atoms with E-state index in [-0.39, 0.29) is 23.9 Å². The maximum atomic E-state index is 13.0. The number of methoxy groups -OCH3 is 1. The molecule has 226 valence electrons. The van der Waals surface area contributed by atoms with Crippen molar-refractivity contribution < 1.29 is 14.3 Å². The third kappa shape index (κ3) is 7.53. The molecule has 1 aromatic rings. The lowest BCUT2D eigenvalue weighted by Crippen LogP contribution is -2.46. The molecule has 2 amide bonds. The van der Waals surface area contributed by atoms with Crippen molar-refractivity contribution in [2.75, 3.05) is 32.1 Å². The molecular formula is C32H41Cl2N5O3. The molecule has 0 spiro atoms. The molecule has 3 unspecified atom stereocenters. The molecule has 2 aliphatic rings. The minimum Gasteiger partial charge on any atom is -0.501 e. The van der Waals surface area contributed by atoms with Crippen molar-refractivity contribution in [1.29, 1.82) is 0 Å². The number of carbonyl (C=O) groups excluding carboxylic acids is 2. The highest BCUT2D eigenvalue weighted by Crippen LogP contribution is 2.39. The standard InChI is InChI=1S/C32H41Cl2N5O3/c1-7-8-15-38(22(4)18-36-19-40)31(35-5)26-17-28(34)30(25-16-23(42-6)13-14-27(25)33)37-32(26)39(20-41)29-12-10-9-11-24(29)21(2)3/h7,9-12,16-17,19-22,24,29H,1,8,13-15,18H2,2-6H3,(H,36,40). The van der Waals surface area contributed by atoms with Crippen LogP contribution in [0.4, 0.5) is 5.82 Å². The Hall–Kier alpha value is -3.36. The van der Waals surface area contributed by atoms with E-state index in [1.807, 2.05) is 37.3 Å². The lowest BCUT2D eigenvalue weighted by atomic mass is 9.84. The van der Waals surface area contributed by atoms with Gasteiger partial charge >= 0.3 is 0 Å². The van der Waals surface area contributed by atoms with E-state index in [4.69, 9.17) is 32.9 Å². The zero-order valence-corrected chi connectivity index (χ0v) is 26.5. The van der Waals surface area contributed by atoms with Crippen LogP contribution in [0.5, 0.6) is 0 Å². The Bertz CT molecular complexity index is 1300. The minimum atomic E-state index is -0.289. The highest BCUT2D eigenvalue weighted by molar-refractivity contribution is 6.36. The summed E-state index contributed by atoms with van der Waals surface area (Å²) in [6.07, 6.45) is 15.2. The second-order valence-electron chi connectivity index (χ2n) is 10.6. The van der Waals surface area contributed by atoms with Gasteiger partial charge in [-0.15, -0.1) is 6.58 Å². The molecule has 42 heavy (non-hydrogen) atoms. The highest BCUT2D eigenvalue weighted by Gasteiger charge is 2.33. The number of aliphatic imine (C=N–C) groups is 1. The van der Waals surface area contributed by atoms with Gasteiger partial charge in [0, 0.05) is 49.1 Å². The van der Waals surface area contributed by atoms with Crippen LogP contribution >= 0.6 is 23.2 Å². The van der Waals surface area contributed by atoms with E-state index in [0.29, 0.717) is 77.3 Å². The molecule has 0 aromatic carbocycles. The van der Waals surface area contributed by atoms with E-state index in [2.05, 4.69) is 41.7 Å². The summed E-state index contributed by atoms with van der Waals surface area (Å²) in [6.45, 7) is 11.1. The predicted molar refractivity (Wildman–Crippen MR) is 173 cm³/mol. The zero-order chi connectivity index (χ0) is 30.8. The van der Waals surface area contributed by atoms with Gasteiger partial charge in [0.2, 0.25) is 12.8 Å². The van der Waals surface area contributed by atoms with Crippen molar-refractivity contribution in [2.45, 2.75) is 52.1 Å². The molecule has 3 atom stereocenters. The number of rotatable bonds is 14. The number of hydrogen-bond donors (Lipinski definition) is 1. The fourth-order valence-corrected chi connectivity index (χ4v) is 5.82. The normalized spacial score (nSPS) is 19.3. The second-order valence-corrected chi connectivity index (χ2v) is 11.5. The summed E-state index contributed by atoms with van der Waals surface area (Å²) >= 11 is 13.7. The molecule has 0 radical (unpaired) electrons. The summed E-state index contributed by atoms with van der Waals surface area (Å²) in [5, 5.41) is 3.75. The summed E-state index contributed by atoms with van der Waals surface area (Å²) < 4.78 is 5.52. The summed E-state index contributed by atoms with van der Waals surface area (Å²) in [6, 6.07) is 1.38. The fraction of sp³-hybridized carbons (Fsp3) is 0.438. The van der Waals surface area contributed by atoms with Crippen molar-refractivity contribution >= 4 is 53.2 Å². The van der Waals surface area contributed by atoms with Gasteiger partial charge < -0.3 is 15.0 Å². The monoisotopic (exact) mass is 613 g/mol. The number of halogens is 2. The first kappa shape index (κ1) is 33.1. The number of amides is 2. The molecule has 0 bridgehead atoms. The van der Waals surface area contributed by atoms with E-state index < -0.39 is 0 Å². The summed E-state index contributed by atoms with van der Waals surface area (Å²) in [5.41, 5.74) is 1.71. The number of ether oxygens (including phenoxy) is 1. The fourth-order valence-electron chi connectivity index (χ4n) is 5.33. The molecule has 2 aliphatic carbocycles. The lowest BCUT2D eigenvalue weighted by Gasteiger charge is -2.37. The van der Waals surface area contributed by atoms with Gasteiger partial charge in [-0.2, -0.15) is 0 Å². The van der Waals surface area contributed by atoms with E-state index in [0.717, 1.165) is 12.2 Å². The molecule has 1 aromatic heterocycles. The van der Waals surface area contributed by atoms with Crippen molar-refractivity contribution in [1.82, 2.24) is 15.2 Å². The molecule has 0 saturated heterocycles. The number of amidine groups is 1. The van der Waals surface area contributed by atoms with Gasteiger partial charge in [-0.05, 0) is 37.8 Å². The summed E-state index contributed by atoms with van der Waals surface area (Å²) in [5.74, 6) is 2.09. The summed E-state index contributed by atoms with van der Waals surface area (Å²) in [7, 11) is 3.32. The number of anilines is 1. The molecule has 1 N–H and O–H groups in total. The first-order chi connectivity index (χ1) is 20.2. The largest absolute Gasteiger partial charge is 0.501 e. The van der Waals surface area contributed by atoms with Crippen LogP contribution in [0, 0.1) is 11.8 Å². The average Bonchev–Trinajstić information content (AvgIpc) is 2.99. The topological polar surface area (TPSA) is 87.1 Å². The number of nitrogens with one attached hydrogen (secondary N) is 1. The first-order valence-corrected chi connectivity index (χ1v) is 14.9. The van der Waals surface area contributed by atoms with Gasteiger partial charge in [0.25, 0.3) is 0 Å². The Labute approximate surface area is 259 Å². The Balaban J connectivity index is 2.30. The van der Waals surface area contributed by atoms with Crippen LogP contribution in [0.3, 0.4) is 0 Å². The van der Waals surface area contributed by atoms with Gasteiger partial charge in [-0.25, -0.2) is 4.98 Å². The predicted octanol–water partition coefficient (Wildman–Crippen LogP) is 6.13. The number of aromatic nitrogens is 1. The smallest absolute Gasteiger partial charge is 0.215 e. The van der Waals surface area contributed by atoms with E-state index in [1.165, 1.54) is 0 Å². The van der Waals surface area contributed by atoms with Crippen LogP contribution in [0.1, 0.15) is 51.3 Å². The Kier molecular flexibility index (Phi) is 12.4.